The number of nitrogens with zero attached hydrogens (tertiary/aromatic N) is 3. The van der Waals surface area contributed by atoms with Gasteiger partial charge in [0.15, 0.2) is 11.0 Å². The predicted molar refractivity (Wildman–Crippen MR) is 101 cm³/mol. The summed E-state index contributed by atoms with van der Waals surface area (Å²) in [5.74, 6) is 1.97. The zero-order valence-corrected chi connectivity index (χ0v) is 15.9. The standard InChI is InChI=1S/C18H20N4O3S/c1-11-16(17-19-7-8-22(17)2)26-18(20-11)21-15(23)9-12-5-6-13(24-3)10-14(12)25-4/h5-8,10H,9H2,1-4H3,(H,20,21,23). The Labute approximate surface area is 155 Å². The molecule has 26 heavy (non-hydrogen) atoms. The van der Waals surface area contributed by atoms with Crippen LogP contribution in [0.5, 0.6) is 11.5 Å². The lowest BCUT2D eigenvalue weighted by molar-refractivity contribution is -0.115. The largest absolute Gasteiger partial charge is 0.497 e. The number of hydrogen-bond donors (Lipinski definition) is 1. The number of rotatable bonds is 6. The van der Waals surface area contributed by atoms with Crippen LogP contribution < -0.4 is 14.8 Å². The van der Waals surface area contributed by atoms with Crippen LogP contribution in [0.1, 0.15) is 11.3 Å². The van der Waals surface area contributed by atoms with Gasteiger partial charge in [-0.05, 0) is 13.0 Å². The Bertz CT molecular complexity index is 932. The summed E-state index contributed by atoms with van der Waals surface area (Å²) in [6.07, 6.45) is 3.80. The van der Waals surface area contributed by atoms with Gasteiger partial charge in [0, 0.05) is 31.1 Å². The molecule has 0 atom stereocenters. The Kier molecular flexibility index (Phi) is 5.22. The van der Waals surface area contributed by atoms with Gasteiger partial charge in [-0.2, -0.15) is 0 Å². The zero-order valence-electron chi connectivity index (χ0n) is 15.1. The van der Waals surface area contributed by atoms with Gasteiger partial charge in [0.05, 0.1) is 31.2 Å². The summed E-state index contributed by atoms with van der Waals surface area (Å²) >= 11 is 1.41. The van der Waals surface area contributed by atoms with E-state index >= 15 is 0 Å². The molecule has 0 saturated carbocycles. The molecule has 0 spiro atoms. The summed E-state index contributed by atoms with van der Waals surface area (Å²) in [7, 11) is 5.08. The SMILES string of the molecule is COc1ccc(CC(=O)Nc2nc(C)c(-c3nccn3C)s2)c(OC)c1. The fourth-order valence-electron chi connectivity index (χ4n) is 2.58. The van der Waals surface area contributed by atoms with Gasteiger partial charge in [0.1, 0.15) is 11.5 Å². The van der Waals surface area contributed by atoms with Crippen LogP contribution in [0.2, 0.25) is 0 Å². The maximum absolute atomic E-state index is 12.4. The number of thiazole rings is 1. The van der Waals surface area contributed by atoms with E-state index in [2.05, 4.69) is 15.3 Å². The van der Waals surface area contributed by atoms with Gasteiger partial charge in [-0.25, -0.2) is 9.97 Å². The number of aryl methyl sites for hydroxylation is 2. The summed E-state index contributed by atoms with van der Waals surface area (Å²) in [5.41, 5.74) is 1.62. The number of nitrogens with one attached hydrogen (secondary N) is 1. The van der Waals surface area contributed by atoms with Gasteiger partial charge in [0.25, 0.3) is 0 Å². The summed E-state index contributed by atoms with van der Waals surface area (Å²) < 4.78 is 12.4. The van der Waals surface area contributed by atoms with Gasteiger partial charge < -0.3 is 19.4 Å². The molecule has 136 valence electrons. The molecule has 0 aliphatic rings. The molecule has 2 heterocycles. The fourth-order valence-corrected chi connectivity index (χ4v) is 3.60. The van der Waals surface area contributed by atoms with E-state index in [-0.39, 0.29) is 12.3 Å². The molecule has 0 aliphatic carbocycles. The van der Waals surface area contributed by atoms with E-state index in [0.717, 1.165) is 22.0 Å². The molecule has 2 aromatic heterocycles. The number of hydrogen-bond acceptors (Lipinski definition) is 6. The van der Waals surface area contributed by atoms with E-state index in [1.807, 2.05) is 30.8 Å². The number of carbonyl (C=O) groups is 1. The number of anilines is 1. The molecule has 1 N–H and O–H groups in total. The maximum atomic E-state index is 12.4. The smallest absolute Gasteiger partial charge is 0.230 e. The first-order chi connectivity index (χ1) is 12.5. The Morgan fingerprint density at radius 3 is 2.77 bits per heavy atom. The topological polar surface area (TPSA) is 78.3 Å². The molecule has 0 saturated heterocycles. The Morgan fingerprint density at radius 2 is 2.12 bits per heavy atom. The molecule has 0 bridgehead atoms. The first-order valence-corrected chi connectivity index (χ1v) is 8.79. The van der Waals surface area contributed by atoms with Crippen LogP contribution in [0.15, 0.2) is 30.6 Å². The first kappa shape index (κ1) is 17.9. The Balaban J connectivity index is 1.74. The molecular weight excluding hydrogens is 352 g/mol. The summed E-state index contributed by atoms with van der Waals surface area (Å²) in [5, 5.41) is 3.41. The second kappa shape index (κ2) is 7.57. The Hall–Kier alpha value is -2.87. The number of carbonyl (C=O) groups excluding carboxylic acids is 1. The molecular formula is C18H20N4O3S. The average Bonchev–Trinajstić information content (AvgIpc) is 3.20. The molecule has 3 aromatic rings. The molecule has 8 heteroatoms. The normalized spacial score (nSPS) is 10.6. The molecule has 1 aromatic carbocycles. The van der Waals surface area contributed by atoms with Crippen molar-refractivity contribution in [1.82, 2.24) is 14.5 Å². The average molecular weight is 372 g/mol. The van der Waals surface area contributed by atoms with Crippen LogP contribution in [0.25, 0.3) is 10.7 Å². The highest BCUT2D eigenvalue weighted by atomic mass is 32.1. The van der Waals surface area contributed by atoms with E-state index in [1.165, 1.54) is 11.3 Å². The number of imidazole rings is 1. The van der Waals surface area contributed by atoms with Crippen molar-refractivity contribution < 1.29 is 14.3 Å². The van der Waals surface area contributed by atoms with Gasteiger partial charge in [-0.15, -0.1) is 0 Å². The highest BCUT2D eigenvalue weighted by Crippen LogP contribution is 2.31. The van der Waals surface area contributed by atoms with Crippen molar-refractivity contribution in [3.8, 4) is 22.2 Å². The molecule has 0 radical (unpaired) electrons. The molecule has 0 fully saturated rings. The minimum atomic E-state index is -0.159. The Morgan fingerprint density at radius 1 is 1.31 bits per heavy atom. The van der Waals surface area contributed by atoms with Crippen LogP contribution in [-0.4, -0.2) is 34.7 Å². The van der Waals surface area contributed by atoms with E-state index in [0.29, 0.717) is 16.6 Å². The number of benzene rings is 1. The van der Waals surface area contributed by atoms with Gasteiger partial charge in [-0.3, -0.25) is 4.79 Å². The van der Waals surface area contributed by atoms with E-state index in [1.54, 1.807) is 32.5 Å². The summed E-state index contributed by atoms with van der Waals surface area (Å²) in [6, 6.07) is 5.39. The minimum Gasteiger partial charge on any atom is -0.497 e. The van der Waals surface area contributed by atoms with Crippen LogP contribution >= 0.6 is 11.3 Å². The van der Waals surface area contributed by atoms with E-state index in [9.17, 15) is 4.79 Å². The molecule has 3 rings (SSSR count). The van der Waals surface area contributed by atoms with Crippen molar-refractivity contribution in [3.05, 3.63) is 41.9 Å². The summed E-state index contributed by atoms with van der Waals surface area (Å²) in [4.78, 5) is 22.1. The number of aromatic nitrogens is 3. The monoisotopic (exact) mass is 372 g/mol. The molecule has 7 nitrogen and oxygen atoms in total. The number of amides is 1. The van der Waals surface area contributed by atoms with E-state index < -0.39 is 0 Å². The molecule has 0 aliphatic heterocycles. The summed E-state index contributed by atoms with van der Waals surface area (Å²) in [6.45, 7) is 1.91. The lowest BCUT2D eigenvalue weighted by Gasteiger charge is -2.10. The lowest BCUT2D eigenvalue weighted by atomic mass is 10.1. The first-order valence-electron chi connectivity index (χ1n) is 7.97. The van der Waals surface area contributed by atoms with E-state index in [4.69, 9.17) is 9.47 Å². The van der Waals surface area contributed by atoms with Crippen LogP contribution in [0, 0.1) is 6.92 Å². The predicted octanol–water partition coefficient (Wildman–Crippen LogP) is 3.05. The van der Waals surface area contributed by atoms with Crippen molar-refractivity contribution in [2.45, 2.75) is 13.3 Å². The highest BCUT2D eigenvalue weighted by Gasteiger charge is 2.16. The second-order valence-electron chi connectivity index (χ2n) is 5.70. The van der Waals surface area contributed by atoms with Gasteiger partial charge >= 0.3 is 0 Å². The second-order valence-corrected chi connectivity index (χ2v) is 6.70. The van der Waals surface area contributed by atoms with Crippen molar-refractivity contribution >= 4 is 22.4 Å². The van der Waals surface area contributed by atoms with Crippen LogP contribution in [-0.2, 0) is 18.3 Å². The van der Waals surface area contributed by atoms with Crippen molar-refractivity contribution in [2.75, 3.05) is 19.5 Å². The third-order valence-electron chi connectivity index (χ3n) is 3.91. The van der Waals surface area contributed by atoms with Gasteiger partial charge in [0.2, 0.25) is 5.91 Å². The zero-order chi connectivity index (χ0) is 18.7. The van der Waals surface area contributed by atoms with Gasteiger partial charge in [-0.1, -0.05) is 17.4 Å². The highest BCUT2D eigenvalue weighted by molar-refractivity contribution is 7.19. The van der Waals surface area contributed by atoms with Crippen molar-refractivity contribution in [3.63, 3.8) is 0 Å². The molecule has 1 amide bonds. The van der Waals surface area contributed by atoms with Crippen molar-refractivity contribution in [1.29, 1.82) is 0 Å². The number of methoxy groups -OCH3 is 2. The van der Waals surface area contributed by atoms with Crippen LogP contribution in [0.4, 0.5) is 5.13 Å². The third-order valence-corrected chi connectivity index (χ3v) is 4.98. The number of ether oxygens (including phenoxy) is 2. The van der Waals surface area contributed by atoms with Crippen molar-refractivity contribution in [2.24, 2.45) is 7.05 Å². The third kappa shape index (κ3) is 3.70. The fraction of sp³-hybridized carbons (Fsp3) is 0.278. The lowest BCUT2D eigenvalue weighted by Crippen LogP contribution is -2.14. The molecule has 0 unspecified atom stereocenters. The quantitative estimate of drug-likeness (QED) is 0.719. The maximum Gasteiger partial charge on any atom is 0.230 e. The minimum absolute atomic E-state index is 0.159. The van der Waals surface area contributed by atoms with Crippen LogP contribution in [0.3, 0.4) is 0 Å².